The zero-order valence-electron chi connectivity index (χ0n) is 13.3. The van der Waals surface area contributed by atoms with Crippen molar-refractivity contribution < 1.29 is 9.53 Å². The summed E-state index contributed by atoms with van der Waals surface area (Å²) in [5, 5.41) is 4.46. The van der Waals surface area contributed by atoms with E-state index in [0.717, 1.165) is 21.3 Å². The third-order valence-corrected chi connectivity index (χ3v) is 4.05. The second-order valence-electron chi connectivity index (χ2n) is 5.29. The van der Waals surface area contributed by atoms with E-state index in [9.17, 15) is 4.79 Å². The molecule has 0 fully saturated rings. The van der Waals surface area contributed by atoms with Crippen LogP contribution in [-0.4, -0.2) is 22.4 Å². The van der Waals surface area contributed by atoms with Gasteiger partial charge in [-0.15, -0.1) is 0 Å². The molecule has 0 amide bonds. The second-order valence-corrected chi connectivity index (χ2v) is 6.20. The molecule has 4 nitrogen and oxygen atoms in total. The molecule has 2 aromatic carbocycles. The summed E-state index contributed by atoms with van der Waals surface area (Å²) < 4.78 is 7.93. The number of hydrogen-bond donors (Lipinski definition) is 0. The molecule has 3 aromatic rings. The Bertz CT molecular complexity index is 844. The SMILES string of the molecule is CCOC(=O)c1cc(-c2ccccc2)n(Cc2cccc(Br)c2)n1. The molecule has 0 saturated carbocycles. The summed E-state index contributed by atoms with van der Waals surface area (Å²) in [6, 6.07) is 19.7. The van der Waals surface area contributed by atoms with E-state index in [1.807, 2.05) is 59.3 Å². The van der Waals surface area contributed by atoms with E-state index in [1.165, 1.54) is 0 Å². The molecule has 0 aliphatic heterocycles. The molecule has 3 rings (SSSR count). The Kier molecular flexibility index (Phi) is 5.11. The van der Waals surface area contributed by atoms with E-state index in [1.54, 1.807) is 13.0 Å². The van der Waals surface area contributed by atoms with E-state index in [-0.39, 0.29) is 0 Å². The largest absolute Gasteiger partial charge is 0.461 e. The maximum absolute atomic E-state index is 12.0. The molecule has 0 saturated heterocycles. The van der Waals surface area contributed by atoms with Crippen molar-refractivity contribution in [3.8, 4) is 11.3 Å². The number of ether oxygens (including phenoxy) is 1. The summed E-state index contributed by atoms with van der Waals surface area (Å²) in [6.07, 6.45) is 0. The molecule has 0 aliphatic rings. The van der Waals surface area contributed by atoms with E-state index in [2.05, 4.69) is 21.0 Å². The molecule has 0 N–H and O–H groups in total. The Hall–Kier alpha value is -2.40. The van der Waals surface area contributed by atoms with Crippen molar-refractivity contribution in [2.24, 2.45) is 0 Å². The van der Waals surface area contributed by atoms with Crippen molar-refractivity contribution in [3.05, 3.63) is 76.4 Å². The van der Waals surface area contributed by atoms with Crippen LogP contribution in [0.15, 0.2) is 65.1 Å². The fourth-order valence-electron chi connectivity index (χ4n) is 2.49. The number of esters is 1. The van der Waals surface area contributed by atoms with Gasteiger partial charge in [-0.25, -0.2) is 4.79 Å². The molecule has 0 spiro atoms. The van der Waals surface area contributed by atoms with Gasteiger partial charge in [-0.1, -0.05) is 58.4 Å². The summed E-state index contributed by atoms with van der Waals surface area (Å²) in [4.78, 5) is 12.0. The number of halogens is 1. The standard InChI is InChI=1S/C19H17BrN2O2/c1-2-24-19(23)17-12-18(15-8-4-3-5-9-15)22(21-17)13-14-7-6-10-16(20)11-14/h3-12H,2,13H2,1H3. The maximum atomic E-state index is 12.0. The van der Waals surface area contributed by atoms with Gasteiger partial charge in [-0.2, -0.15) is 5.10 Å². The van der Waals surface area contributed by atoms with Gasteiger partial charge in [0.15, 0.2) is 5.69 Å². The van der Waals surface area contributed by atoms with Gasteiger partial charge >= 0.3 is 5.97 Å². The van der Waals surface area contributed by atoms with Gasteiger partial charge < -0.3 is 4.74 Å². The van der Waals surface area contributed by atoms with Crippen LogP contribution in [0.4, 0.5) is 0 Å². The number of benzene rings is 2. The highest BCUT2D eigenvalue weighted by Gasteiger charge is 2.16. The molecule has 1 aromatic heterocycles. The van der Waals surface area contributed by atoms with Gasteiger partial charge in [0, 0.05) is 4.47 Å². The molecule has 122 valence electrons. The van der Waals surface area contributed by atoms with Crippen LogP contribution in [0.1, 0.15) is 23.0 Å². The van der Waals surface area contributed by atoms with Crippen molar-refractivity contribution >= 4 is 21.9 Å². The van der Waals surface area contributed by atoms with Crippen LogP contribution in [-0.2, 0) is 11.3 Å². The lowest BCUT2D eigenvalue weighted by Crippen LogP contribution is -2.08. The Morgan fingerprint density at radius 3 is 2.62 bits per heavy atom. The summed E-state index contributed by atoms with van der Waals surface area (Å²) in [5.74, 6) is -0.400. The fraction of sp³-hybridized carbons (Fsp3) is 0.158. The van der Waals surface area contributed by atoms with Gasteiger partial charge in [-0.05, 0) is 36.2 Å². The maximum Gasteiger partial charge on any atom is 0.358 e. The van der Waals surface area contributed by atoms with Crippen LogP contribution in [0.2, 0.25) is 0 Å². The first kappa shape index (κ1) is 16.5. The number of nitrogens with zero attached hydrogens (tertiary/aromatic N) is 2. The van der Waals surface area contributed by atoms with Gasteiger partial charge in [0.2, 0.25) is 0 Å². The fourth-order valence-corrected chi connectivity index (χ4v) is 2.94. The molecular weight excluding hydrogens is 368 g/mol. The van der Waals surface area contributed by atoms with Crippen molar-refractivity contribution in [1.29, 1.82) is 0 Å². The highest BCUT2D eigenvalue weighted by atomic mass is 79.9. The number of carbonyl (C=O) groups is 1. The molecule has 0 aliphatic carbocycles. The van der Waals surface area contributed by atoms with Crippen LogP contribution >= 0.6 is 15.9 Å². The molecule has 0 radical (unpaired) electrons. The van der Waals surface area contributed by atoms with Crippen LogP contribution in [0.3, 0.4) is 0 Å². The summed E-state index contributed by atoms with van der Waals surface area (Å²) in [7, 11) is 0. The number of aromatic nitrogens is 2. The van der Waals surface area contributed by atoms with E-state index in [0.29, 0.717) is 18.8 Å². The minimum absolute atomic E-state index is 0.325. The van der Waals surface area contributed by atoms with Gasteiger partial charge in [0.1, 0.15) is 0 Å². The molecule has 1 heterocycles. The number of carbonyl (C=O) groups excluding carboxylic acids is 1. The molecule has 0 atom stereocenters. The highest BCUT2D eigenvalue weighted by molar-refractivity contribution is 9.10. The summed E-state index contributed by atoms with van der Waals surface area (Å²) >= 11 is 3.48. The molecule has 24 heavy (non-hydrogen) atoms. The lowest BCUT2D eigenvalue weighted by Gasteiger charge is -2.08. The van der Waals surface area contributed by atoms with Crippen LogP contribution in [0.5, 0.6) is 0 Å². The molecular formula is C19H17BrN2O2. The lowest BCUT2D eigenvalue weighted by molar-refractivity contribution is 0.0518. The zero-order chi connectivity index (χ0) is 16.9. The molecule has 0 bridgehead atoms. The van der Waals surface area contributed by atoms with Gasteiger partial charge in [0.25, 0.3) is 0 Å². The topological polar surface area (TPSA) is 44.1 Å². The average molecular weight is 385 g/mol. The van der Waals surface area contributed by atoms with Crippen LogP contribution < -0.4 is 0 Å². The predicted octanol–water partition coefficient (Wildman–Crippen LogP) is 4.54. The van der Waals surface area contributed by atoms with Crippen molar-refractivity contribution in [2.45, 2.75) is 13.5 Å². The smallest absolute Gasteiger partial charge is 0.358 e. The Labute approximate surface area is 149 Å². The second kappa shape index (κ2) is 7.45. The van der Waals surface area contributed by atoms with E-state index < -0.39 is 5.97 Å². The summed E-state index contributed by atoms with van der Waals surface area (Å²) in [5.41, 5.74) is 3.32. The minimum atomic E-state index is -0.400. The highest BCUT2D eigenvalue weighted by Crippen LogP contribution is 2.22. The Morgan fingerprint density at radius 2 is 1.92 bits per heavy atom. The minimum Gasteiger partial charge on any atom is -0.461 e. The number of hydrogen-bond acceptors (Lipinski definition) is 3. The normalized spacial score (nSPS) is 10.6. The molecule has 5 heteroatoms. The predicted molar refractivity (Wildman–Crippen MR) is 96.9 cm³/mol. The summed E-state index contributed by atoms with van der Waals surface area (Å²) in [6.45, 7) is 2.69. The zero-order valence-corrected chi connectivity index (χ0v) is 14.9. The van der Waals surface area contributed by atoms with E-state index in [4.69, 9.17) is 4.74 Å². The Morgan fingerprint density at radius 1 is 1.12 bits per heavy atom. The Balaban J connectivity index is 2.01. The first-order valence-electron chi connectivity index (χ1n) is 7.72. The van der Waals surface area contributed by atoms with Crippen LogP contribution in [0, 0.1) is 0 Å². The average Bonchev–Trinajstić information content (AvgIpc) is 3.00. The van der Waals surface area contributed by atoms with Crippen molar-refractivity contribution in [3.63, 3.8) is 0 Å². The first-order chi connectivity index (χ1) is 11.7. The van der Waals surface area contributed by atoms with Gasteiger partial charge in [0.05, 0.1) is 18.8 Å². The lowest BCUT2D eigenvalue weighted by atomic mass is 10.1. The van der Waals surface area contributed by atoms with E-state index >= 15 is 0 Å². The third kappa shape index (κ3) is 3.74. The van der Waals surface area contributed by atoms with Gasteiger partial charge in [-0.3, -0.25) is 4.68 Å². The van der Waals surface area contributed by atoms with Crippen molar-refractivity contribution in [2.75, 3.05) is 6.61 Å². The van der Waals surface area contributed by atoms with Crippen LogP contribution in [0.25, 0.3) is 11.3 Å². The quantitative estimate of drug-likeness (QED) is 0.606. The molecule has 0 unspecified atom stereocenters. The number of rotatable bonds is 5. The monoisotopic (exact) mass is 384 g/mol. The van der Waals surface area contributed by atoms with Crippen molar-refractivity contribution in [1.82, 2.24) is 9.78 Å². The third-order valence-electron chi connectivity index (χ3n) is 3.56. The first-order valence-corrected chi connectivity index (χ1v) is 8.51.